The number of rotatable bonds is 7. The van der Waals surface area contributed by atoms with E-state index >= 15 is 0 Å². The molecule has 2 fully saturated rings. The van der Waals surface area contributed by atoms with Crippen molar-refractivity contribution in [1.29, 1.82) is 0 Å². The van der Waals surface area contributed by atoms with Crippen molar-refractivity contribution in [3.63, 3.8) is 0 Å². The summed E-state index contributed by atoms with van der Waals surface area (Å²) in [5.41, 5.74) is 0.488. The number of cyclic esters (lactones) is 1. The van der Waals surface area contributed by atoms with E-state index in [9.17, 15) is 9.59 Å². The van der Waals surface area contributed by atoms with E-state index in [1.807, 2.05) is 31.2 Å². The smallest absolute Gasteiger partial charge is 0.410 e. The van der Waals surface area contributed by atoms with Crippen molar-refractivity contribution in [2.45, 2.75) is 58.1 Å². The average Bonchev–Trinajstić information content (AvgIpc) is 3.42. The third-order valence-corrected chi connectivity index (χ3v) is 7.27. The number of benzene rings is 1. The first kappa shape index (κ1) is 21.2. The Morgan fingerprint density at radius 3 is 2.54 bits per heavy atom. The lowest BCUT2D eigenvalue weighted by atomic mass is 9.77. The molecule has 0 bridgehead atoms. The largest absolute Gasteiger partial charge is 0.469 e. The monoisotopic (exact) mass is 451 g/mol. The highest BCUT2D eigenvalue weighted by Crippen LogP contribution is 2.52. The number of hydrogen-bond donors (Lipinski definition) is 0. The van der Waals surface area contributed by atoms with Crippen LogP contribution >= 0.6 is 15.9 Å². The van der Waals surface area contributed by atoms with E-state index < -0.39 is 5.60 Å². The third kappa shape index (κ3) is 4.37. The minimum Gasteiger partial charge on any atom is -0.469 e. The van der Waals surface area contributed by atoms with E-state index in [0.717, 1.165) is 22.9 Å². The molecule has 154 valence electrons. The van der Waals surface area contributed by atoms with Gasteiger partial charge in [-0.2, -0.15) is 0 Å². The molecule has 1 heterocycles. The fourth-order valence-electron chi connectivity index (χ4n) is 4.54. The Morgan fingerprint density at radius 2 is 2.00 bits per heavy atom. The SMILES string of the molecule is COC(=O)CCC1(C(C)[C@@H]2CC2C)CCN([C@@H](C)c2ccc(Br)cc2)C(=O)O1. The number of esters is 1. The first-order valence-corrected chi connectivity index (χ1v) is 10.9. The van der Waals surface area contributed by atoms with Crippen LogP contribution in [0.15, 0.2) is 28.7 Å². The maximum atomic E-state index is 13.0. The minimum absolute atomic E-state index is 0.0608. The lowest BCUT2D eigenvalue weighted by molar-refractivity contribution is -0.145. The van der Waals surface area contributed by atoms with Crippen LogP contribution in [0.5, 0.6) is 0 Å². The Labute approximate surface area is 175 Å². The van der Waals surface area contributed by atoms with E-state index in [-0.39, 0.29) is 30.4 Å². The van der Waals surface area contributed by atoms with Gasteiger partial charge >= 0.3 is 12.1 Å². The fourth-order valence-corrected chi connectivity index (χ4v) is 4.80. The zero-order valence-corrected chi connectivity index (χ0v) is 18.7. The molecule has 1 aliphatic heterocycles. The minimum atomic E-state index is -0.587. The highest BCUT2D eigenvalue weighted by Gasteiger charge is 2.52. The van der Waals surface area contributed by atoms with Crippen LogP contribution < -0.4 is 0 Å². The molecule has 0 aromatic heterocycles. The van der Waals surface area contributed by atoms with Gasteiger partial charge in [-0.3, -0.25) is 4.79 Å². The van der Waals surface area contributed by atoms with Gasteiger partial charge in [-0.15, -0.1) is 0 Å². The van der Waals surface area contributed by atoms with E-state index in [1.165, 1.54) is 7.11 Å². The number of hydrogen-bond acceptors (Lipinski definition) is 4. The number of carbonyl (C=O) groups is 2. The lowest BCUT2D eigenvalue weighted by Crippen LogP contribution is -2.54. The molecule has 0 spiro atoms. The number of methoxy groups -OCH3 is 1. The van der Waals surface area contributed by atoms with Gasteiger partial charge in [0.05, 0.1) is 13.2 Å². The molecule has 1 aromatic rings. The van der Waals surface area contributed by atoms with Gasteiger partial charge in [0, 0.05) is 23.9 Å². The molecule has 6 heteroatoms. The third-order valence-electron chi connectivity index (χ3n) is 6.74. The molecule has 0 N–H and O–H groups in total. The average molecular weight is 452 g/mol. The predicted molar refractivity (Wildman–Crippen MR) is 111 cm³/mol. The number of amides is 1. The maximum Gasteiger partial charge on any atom is 0.410 e. The van der Waals surface area contributed by atoms with Crippen molar-refractivity contribution < 1.29 is 19.1 Å². The van der Waals surface area contributed by atoms with Crippen molar-refractivity contribution in [1.82, 2.24) is 4.90 Å². The summed E-state index contributed by atoms with van der Waals surface area (Å²) in [5, 5.41) is 0. The molecule has 0 radical (unpaired) electrons. The topological polar surface area (TPSA) is 55.8 Å². The van der Waals surface area contributed by atoms with Crippen molar-refractivity contribution in [3.8, 4) is 0 Å². The Balaban J connectivity index is 1.74. The molecular weight excluding hydrogens is 422 g/mol. The van der Waals surface area contributed by atoms with Crippen molar-refractivity contribution >= 4 is 28.0 Å². The van der Waals surface area contributed by atoms with E-state index in [4.69, 9.17) is 9.47 Å². The van der Waals surface area contributed by atoms with Crippen LogP contribution in [-0.4, -0.2) is 36.2 Å². The first-order valence-electron chi connectivity index (χ1n) is 10.1. The van der Waals surface area contributed by atoms with Crippen molar-refractivity contribution in [2.24, 2.45) is 17.8 Å². The van der Waals surface area contributed by atoms with E-state index in [1.54, 1.807) is 4.90 Å². The summed E-state index contributed by atoms with van der Waals surface area (Å²) >= 11 is 3.45. The molecule has 3 rings (SSSR count). The molecule has 28 heavy (non-hydrogen) atoms. The molecule has 1 aromatic carbocycles. The molecule has 1 aliphatic carbocycles. The summed E-state index contributed by atoms with van der Waals surface area (Å²) in [7, 11) is 1.40. The molecular formula is C22H30BrNO4. The van der Waals surface area contributed by atoms with Crippen molar-refractivity contribution in [3.05, 3.63) is 34.3 Å². The van der Waals surface area contributed by atoms with Gasteiger partial charge in [0.25, 0.3) is 0 Å². The van der Waals surface area contributed by atoms with Crippen molar-refractivity contribution in [2.75, 3.05) is 13.7 Å². The van der Waals surface area contributed by atoms with E-state index in [2.05, 4.69) is 29.8 Å². The van der Waals surface area contributed by atoms with Crippen LogP contribution in [0.1, 0.15) is 58.1 Å². The number of nitrogens with zero attached hydrogens (tertiary/aromatic N) is 1. The van der Waals surface area contributed by atoms with Gasteiger partial charge < -0.3 is 14.4 Å². The molecule has 2 aliphatic rings. The molecule has 1 amide bonds. The summed E-state index contributed by atoms with van der Waals surface area (Å²) in [5.74, 6) is 1.20. The molecule has 3 unspecified atom stereocenters. The zero-order valence-electron chi connectivity index (χ0n) is 17.1. The predicted octanol–water partition coefficient (Wildman–Crippen LogP) is 5.34. The summed E-state index contributed by atoms with van der Waals surface area (Å²) in [6, 6.07) is 7.96. The van der Waals surface area contributed by atoms with Gasteiger partial charge in [-0.25, -0.2) is 4.79 Å². The summed E-state index contributed by atoms with van der Waals surface area (Å²) < 4.78 is 12.0. The van der Waals surface area contributed by atoms with Crippen LogP contribution in [0.2, 0.25) is 0 Å². The van der Waals surface area contributed by atoms with E-state index in [0.29, 0.717) is 24.8 Å². The van der Waals surface area contributed by atoms with Crippen LogP contribution in [0, 0.1) is 17.8 Å². The van der Waals surface area contributed by atoms with Crippen LogP contribution in [0.3, 0.4) is 0 Å². The second kappa shape index (κ2) is 8.44. The summed E-state index contributed by atoms with van der Waals surface area (Å²) in [4.78, 5) is 26.6. The summed E-state index contributed by atoms with van der Waals surface area (Å²) in [6.45, 7) is 7.06. The first-order chi connectivity index (χ1) is 13.3. The molecule has 1 saturated carbocycles. The van der Waals surface area contributed by atoms with Crippen LogP contribution in [0.4, 0.5) is 4.79 Å². The highest BCUT2D eigenvalue weighted by atomic mass is 79.9. The van der Waals surface area contributed by atoms with Gasteiger partial charge in [0.2, 0.25) is 0 Å². The quantitative estimate of drug-likeness (QED) is 0.525. The van der Waals surface area contributed by atoms with Gasteiger partial charge in [0.15, 0.2) is 0 Å². The maximum absolute atomic E-state index is 13.0. The number of carbonyl (C=O) groups excluding carboxylic acids is 2. The Kier molecular flexibility index (Phi) is 6.37. The number of ether oxygens (including phenoxy) is 2. The Morgan fingerprint density at radius 1 is 1.36 bits per heavy atom. The van der Waals surface area contributed by atoms with Crippen LogP contribution in [-0.2, 0) is 14.3 Å². The molecule has 5 atom stereocenters. The standard InChI is InChI=1S/C22H30BrNO4/c1-14-13-19(14)15(2)22(10-9-20(25)27-4)11-12-24(21(26)28-22)16(3)17-5-7-18(23)8-6-17/h5-8,14-16,19H,9-13H2,1-4H3/t14?,15?,16-,19+,22?/m0/s1. The zero-order chi connectivity index (χ0) is 20.5. The van der Waals surface area contributed by atoms with Crippen LogP contribution in [0.25, 0.3) is 0 Å². The lowest BCUT2D eigenvalue weighted by Gasteiger charge is -2.46. The van der Waals surface area contributed by atoms with Gasteiger partial charge in [-0.05, 0) is 55.2 Å². The number of halogens is 1. The highest BCUT2D eigenvalue weighted by molar-refractivity contribution is 9.10. The van der Waals surface area contributed by atoms with Gasteiger partial charge in [0.1, 0.15) is 5.60 Å². The normalized spacial score (nSPS) is 29.0. The Hall–Kier alpha value is -1.56. The Bertz CT molecular complexity index is 722. The second-order valence-electron chi connectivity index (χ2n) is 8.35. The second-order valence-corrected chi connectivity index (χ2v) is 9.26. The molecule has 5 nitrogen and oxygen atoms in total. The fraction of sp³-hybridized carbons (Fsp3) is 0.636. The molecule has 1 saturated heterocycles. The summed E-state index contributed by atoms with van der Waals surface area (Å²) in [6.07, 6.45) is 2.42. The van der Waals surface area contributed by atoms with Gasteiger partial charge in [-0.1, -0.05) is 41.9 Å².